The minimum atomic E-state index is -0.917. The van der Waals surface area contributed by atoms with Crippen molar-refractivity contribution in [2.75, 3.05) is 6.54 Å². The van der Waals surface area contributed by atoms with Gasteiger partial charge in [-0.2, -0.15) is 0 Å². The molecule has 0 spiro atoms. The molecule has 2 unspecified atom stereocenters. The number of carbonyl (C=O) groups is 1. The Morgan fingerprint density at radius 3 is 2.53 bits per heavy atom. The average molecular weight is 269 g/mol. The van der Waals surface area contributed by atoms with Crippen LogP contribution in [0, 0.1) is 5.82 Å². The van der Waals surface area contributed by atoms with Crippen LogP contribution in [0.25, 0.3) is 0 Å². The Hall–Kier alpha value is -1.46. The smallest absolute Gasteiger partial charge is 0.320 e. The maximum absolute atomic E-state index is 12.7. The molecule has 0 bridgehead atoms. The lowest BCUT2D eigenvalue weighted by molar-refractivity contribution is -0.139. The number of aliphatic hydroxyl groups excluding tert-OH is 1. The summed E-state index contributed by atoms with van der Waals surface area (Å²) in [7, 11) is 0. The summed E-state index contributed by atoms with van der Waals surface area (Å²) in [5.74, 6) is -1.28. The number of benzene rings is 1. The van der Waals surface area contributed by atoms with E-state index in [-0.39, 0.29) is 12.4 Å². The van der Waals surface area contributed by atoms with Gasteiger partial charge >= 0.3 is 5.97 Å². The third-order valence-electron chi connectivity index (χ3n) is 2.96. The molecule has 1 aromatic carbocycles. The summed E-state index contributed by atoms with van der Waals surface area (Å²) in [6.07, 6.45) is 1.42. The van der Waals surface area contributed by atoms with Crippen molar-refractivity contribution in [3.63, 3.8) is 0 Å². The number of halogens is 1. The van der Waals surface area contributed by atoms with Crippen LogP contribution in [-0.2, 0) is 4.79 Å². The Labute approximate surface area is 112 Å². The van der Waals surface area contributed by atoms with Crippen LogP contribution in [0.3, 0.4) is 0 Å². The lowest BCUT2D eigenvalue weighted by atomic mass is 10.1. The molecular weight excluding hydrogens is 249 g/mol. The van der Waals surface area contributed by atoms with E-state index < -0.39 is 18.1 Å². The maximum Gasteiger partial charge on any atom is 0.320 e. The molecule has 5 heteroatoms. The van der Waals surface area contributed by atoms with Crippen LogP contribution in [0.1, 0.15) is 37.9 Å². The molecule has 0 radical (unpaired) electrons. The van der Waals surface area contributed by atoms with E-state index in [1.54, 1.807) is 0 Å². The van der Waals surface area contributed by atoms with Crippen LogP contribution in [0.5, 0.6) is 0 Å². The van der Waals surface area contributed by atoms with Gasteiger partial charge in [-0.1, -0.05) is 31.9 Å². The zero-order valence-electron chi connectivity index (χ0n) is 11.0. The lowest BCUT2D eigenvalue weighted by Crippen LogP contribution is -2.39. The molecule has 0 aliphatic heterocycles. The second-order valence-electron chi connectivity index (χ2n) is 4.51. The molecular formula is C14H20FNO3. The predicted octanol–water partition coefficient (Wildman–Crippen LogP) is 2.09. The standard InChI is InChI=1S/C14H20FNO3/c1-2-3-4-12(14(18)19)16-9-13(17)10-5-7-11(15)8-6-10/h5-8,12-13,16-17H,2-4,9H2,1H3,(H,18,19). The largest absolute Gasteiger partial charge is 0.480 e. The van der Waals surface area contributed by atoms with Crippen LogP contribution in [0.4, 0.5) is 4.39 Å². The van der Waals surface area contributed by atoms with Gasteiger partial charge in [0.05, 0.1) is 6.10 Å². The Morgan fingerprint density at radius 2 is 2.00 bits per heavy atom. The third-order valence-corrected chi connectivity index (χ3v) is 2.96. The zero-order chi connectivity index (χ0) is 14.3. The van der Waals surface area contributed by atoms with Gasteiger partial charge in [0.1, 0.15) is 11.9 Å². The SMILES string of the molecule is CCCCC(NCC(O)c1ccc(F)cc1)C(=O)O. The molecule has 0 aromatic heterocycles. The number of carboxylic acid groups (broad SMARTS) is 1. The first-order chi connectivity index (χ1) is 9.04. The van der Waals surface area contributed by atoms with E-state index in [1.807, 2.05) is 6.92 Å². The number of carboxylic acids is 1. The maximum atomic E-state index is 12.7. The van der Waals surface area contributed by atoms with Gasteiger partial charge in [0.15, 0.2) is 0 Å². The van der Waals surface area contributed by atoms with Crippen LogP contribution >= 0.6 is 0 Å². The van der Waals surface area contributed by atoms with Crippen molar-refractivity contribution < 1.29 is 19.4 Å². The number of nitrogens with one attached hydrogen (secondary N) is 1. The second-order valence-corrected chi connectivity index (χ2v) is 4.51. The van der Waals surface area contributed by atoms with Gasteiger partial charge in [-0.05, 0) is 24.1 Å². The van der Waals surface area contributed by atoms with E-state index in [2.05, 4.69) is 5.32 Å². The Bertz CT molecular complexity index is 394. The number of aliphatic hydroxyl groups is 1. The van der Waals surface area contributed by atoms with Crippen molar-refractivity contribution in [3.05, 3.63) is 35.6 Å². The van der Waals surface area contributed by atoms with E-state index in [0.29, 0.717) is 12.0 Å². The van der Waals surface area contributed by atoms with Crippen molar-refractivity contribution >= 4 is 5.97 Å². The second kappa shape index (κ2) is 7.86. The summed E-state index contributed by atoms with van der Waals surface area (Å²) in [5.41, 5.74) is 0.563. The quantitative estimate of drug-likeness (QED) is 0.676. The summed E-state index contributed by atoms with van der Waals surface area (Å²) in [6, 6.07) is 4.86. The van der Waals surface area contributed by atoms with Gasteiger partial charge in [-0.25, -0.2) is 4.39 Å². The highest BCUT2D eigenvalue weighted by molar-refractivity contribution is 5.73. The molecule has 3 N–H and O–H groups in total. The van der Waals surface area contributed by atoms with Crippen molar-refractivity contribution in [3.8, 4) is 0 Å². The van der Waals surface area contributed by atoms with Crippen LogP contribution in [-0.4, -0.2) is 28.8 Å². The molecule has 2 atom stereocenters. The molecule has 0 amide bonds. The predicted molar refractivity (Wildman–Crippen MR) is 70.3 cm³/mol. The fourth-order valence-corrected chi connectivity index (χ4v) is 1.78. The van der Waals surface area contributed by atoms with Gasteiger partial charge in [0.25, 0.3) is 0 Å². The highest BCUT2D eigenvalue weighted by atomic mass is 19.1. The zero-order valence-corrected chi connectivity index (χ0v) is 11.0. The molecule has 0 aliphatic rings. The topological polar surface area (TPSA) is 69.6 Å². The Kier molecular flexibility index (Phi) is 6.45. The molecule has 19 heavy (non-hydrogen) atoms. The van der Waals surface area contributed by atoms with E-state index in [4.69, 9.17) is 5.11 Å². The normalized spacial score (nSPS) is 14.1. The van der Waals surface area contributed by atoms with Crippen LogP contribution in [0.2, 0.25) is 0 Å². The molecule has 0 heterocycles. The Balaban J connectivity index is 2.49. The number of hydrogen-bond donors (Lipinski definition) is 3. The van der Waals surface area contributed by atoms with Crippen LogP contribution in [0.15, 0.2) is 24.3 Å². The number of aliphatic carboxylic acids is 1. The molecule has 0 saturated heterocycles. The third kappa shape index (κ3) is 5.36. The van der Waals surface area contributed by atoms with Gasteiger partial charge in [-0.15, -0.1) is 0 Å². The molecule has 0 fully saturated rings. The van der Waals surface area contributed by atoms with Gasteiger partial charge in [0, 0.05) is 6.54 Å². The molecule has 4 nitrogen and oxygen atoms in total. The van der Waals surface area contributed by atoms with Gasteiger partial charge < -0.3 is 15.5 Å². The summed E-state index contributed by atoms with van der Waals surface area (Å²) in [5, 5.41) is 21.7. The monoisotopic (exact) mass is 269 g/mol. The average Bonchev–Trinajstić information content (AvgIpc) is 2.39. The molecule has 0 saturated carbocycles. The van der Waals surface area contributed by atoms with Gasteiger partial charge in [-0.3, -0.25) is 4.79 Å². The molecule has 1 aromatic rings. The summed E-state index contributed by atoms with van der Waals surface area (Å²) in [4.78, 5) is 11.0. The fourth-order valence-electron chi connectivity index (χ4n) is 1.78. The number of unbranched alkanes of at least 4 members (excludes halogenated alkanes) is 1. The van der Waals surface area contributed by atoms with Crippen molar-refractivity contribution in [2.45, 2.75) is 38.3 Å². The minimum absolute atomic E-state index is 0.131. The van der Waals surface area contributed by atoms with Crippen molar-refractivity contribution in [1.29, 1.82) is 0 Å². The van der Waals surface area contributed by atoms with Crippen molar-refractivity contribution in [1.82, 2.24) is 5.32 Å². The van der Waals surface area contributed by atoms with Gasteiger partial charge in [0.2, 0.25) is 0 Å². The Morgan fingerprint density at radius 1 is 1.37 bits per heavy atom. The molecule has 0 aliphatic carbocycles. The first-order valence-corrected chi connectivity index (χ1v) is 6.44. The first-order valence-electron chi connectivity index (χ1n) is 6.44. The first kappa shape index (κ1) is 15.6. The fraction of sp³-hybridized carbons (Fsp3) is 0.500. The van der Waals surface area contributed by atoms with Crippen molar-refractivity contribution in [2.24, 2.45) is 0 Å². The lowest BCUT2D eigenvalue weighted by Gasteiger charge is -2.17. The molecule has 106 valence electrons. The highest BCUT2D eigenvalue weighted by Gasteiger charge is 2.18. The number of rotatable bonds is 8. The summed E-state index contributed by atoms with van der Waals surface area (Å²) < 4.78 is 12.7. The minimum Gasteiger partial charge on any atom is -0.480 e. The van der Waals surface area contributed by atoms with E-state index in [0.717, 1.165) is 12.8 Å². The van der Waals surface area contributed by atoms with E-state index in [1.165, 1.54) is 24.3 Å². The highest BCUT2D eigenvalue weighted by Crippen LogP contribution is 2.13. The van der Waals surface area contributed by atoms with E-state index >= 15 is 0 Å². The number of hydrogen-bond acceptors (Lipinski definition) is 3. The van der Waals surface area contributed by atoms with E-state index in [9.17, 15) is 14.3 Å². The summed E-state index contributed by atoms with van der Waals surface area (Å²) in [6.45, 7) is 2.12. The summed E-state index contributed by atoms with van der Waals surface area (Å²) >= 11 is 0. The molecule has 1 rings (SSSR count). The van der Waals surface area contributed by atoms with Crippen LogP contribution < -0.4 is 5.32 Å².